The summed E-state index contributed by atoms with van der Waals surface area (Å²) in [7, 11) is -1.51. The van der Waals surface area contributed by atoms with Crippen molar-refractivity contribution in [2.24, 2.45) is 4.99 Å². The lowest BCUT2D eigenvalue weighted by Gasteiger charge is -2.18. The van der Waals surface area contributed by atoms with Crippen LogP contribution in [0.1, 0.15) is 24.5 Å². The summed E-state index contributed by atoms with van der Waals surface area (Å²) >= 11 is 0. The summed E-state index contributed by atoms with van der Waals surface area (Å²) in [5.41, 5.74) is -0.233. The highest BCUT2D eigenvalue weighted by atomic mass is 32.2. The zero-order valence-electron chi connectivity index (χ0n) is 13.8. The van der Waals surface area contributed by atoms with Crippen LogP contribution in [0.3, 0.4) is 0 Å². The highest BCUT2D eigenvalue weighted by Gasteiger charge is 2.30. The third kappa shape index (κ3) is 7.67. The first-order valence-corrected chi connectivity index (χ1v) is 9.38. The summed E-state index contributed by atoms with van der Waals surface area (Å²) in [6.45, 7) is 1.98. The van der Waals surface area contributed by atoms with E-state index in [9.17, 15) is 21.6 Å². The molecule has 0 aromatic heterocycles. The Morgan fingerprint density at radius 3 is 2.54 bits per heavy atom. The van der Waals surface area contributed by atoms with Crippen molar-refractivity contribution in [1.82, 2.24) is 10.6 Å². The standard InChI is InChI=1S/C15H22F3N3O2S/c1-11(7-8-24(3,22)23)21-14(19-2)20-10-12-5-4-6-13(9-12)15(16,17)18/h4-6,9,11H,7-8,10H2,1-3H3,(H2,19,20,21). The fraction of sp³-hybridized carbons (Fsp3) is 0.533. The average Bonchev–Trinajstić information content (AvgIpc) is 2.48. The van der Waals surface area contributed by atoms with Crippen molar-refractivity contribution in [2.45, 2.75) is 32.1 Å². The minimum atomic E-state index is -4.38. The summed E-state index contributed by atoms with van der Waals surface area (Å²) in [4.78, 5) is 3.98. The topological polar surface area (TPSA) is 70.6 Å². The van der Waals surface area contributed by atoms with E-state index in [1.165, 1.54) is 19.4 Å². The number of hydrogen-bond donors (Lipinski definition) is 2. The molecule has 0 fully saturated rings. The predicted octanol–water partition coefficient (Wildman–Crippen LogP) is 2.19. The van der Waals surface area contributed by atoms with E-state index in [0.717, 1.165) is 12.1 Å². The van der Waals surface area contributed by atoms with Gasteiger partial charge in [-0.25, -0.2) is 8.42 Å². The van der Waals surface area contributed by atoms with E-state index in [0.29, 0.717) is 17.9 Å². The van der Waals surface area contributed by atoms with Gasteiger partial charge in [0.05, 0.1) is 11.3 Å². The van der Waals surface area contributed by atoms with Crippen LogP contribution in [0.4, 0.5) is 13.2 Å². The summed E-state index contributed by atoms with van der Waals surface area (Å²) in [5.74, 6) is 0.444. The average molecular weight is 365 g/mol. The van der Waals surface area contributed by atoms with Gasteiger partial charge in [0.1, 0.15) is 9.84 Å². The fourth-order valence-electron chi connectivity index (χ4n) is 1.93. The van der Waals surface area contributed by atoms with Crippen LogP contribution < -0.4 is 10.6 Å². The lowest BCUT2D eigenvalue weighted by atomic mass is 10.1. The van der Waals surface area contributed by atoms with Crippen LogP contribution in [0.25, 0.3) is 0 Å². The number of alkyl halides is 3. The molecular weight excluding hydrogens is 343 g/mol. The molecule has 0 bridgehead atoms. The Kier molecular flexibility index (Phi) is 7.07. The van der Waals surface area contributed by atoms with Gasteiger partial charge >= 0.3 is 6.18 Å². The molecule has 136 valence electrons. The van der Waals surface area contributed by atoms with Crippen LogP contribution in [-0.2, 0) is 22.6 Å². The lowest BCUT2D eigenvalue weighted by molar-refractivity contribution is -0.137. The summed E-state index contributed by atoms with van der Waals surface area (Å²) in [6, 6.07) is 4.89. The first-order valence-electron chi connectivity index (χ1n) is 7.32. The normalized spacial score (nSPS) is 14.3. The second-order valence-corrected chi connectivity index (χ2v) is 7.85. The smallest absolute Gasteiger partial charge is 0.354 e. The molecule has 1 aromatic rings. The van der Waals surface area contributed by atoms with Gasteiger partial charge in [-0.2, -0.15) is 13.2 Å². The molecule has 0 spiro atoms. The predicted molar refractivity (Wildman–Crippen MR) is 88.6 cm³/mol. The highest BCUT2D eigenvalue weighted by molar-refractivity contribution is 7.90. The molecule has 0 aliphatic carbocycles. The largest absolute Gasteiger partial charge is 0.416 e. The second-order valence-electron chi connectivity index (χ2n) is 5.59. The minimum absolute atomic E-state index is 0.0474. The summed E-state index contributed by atoms with van der Waals surface area (Å²) in [5, 5.41) is 5.92. The Bertz CT molecular complexity index is 673. The first kappa shape index (κ1) is 20.3. The third-order valence-electron chi connectivity index (χ3n) is 3.24. The second kappa shape index (κ2) is 8.36. The Morgan fingerprint density at radius 1 is 1.33 bits per heavy atom. The number of hydrogen-bond acceptors (Lipinski definition) is 3. The molecule has 1 rings (SSSR count). The molecule has 24 heavy (non-hydrogen) atoms. The van der Waals surface area contributed by atoms with E-state index >= 15 is 0 Å². The van der Waals surface area contributed by atoms with Crippen molar-refractivity contribution in [3.8, 4) is 0 Å². The summed E-state index contributed by atoms with van der Waals surface area (Å²) < 4.78 is 60.3. The van der Waals surface area contributed by atoms with Gasteiger partial charge in [0, 0.05) is 25.9 Å². The zero-order chi connectivity index (χ0) is 18.4. The van der Waals surface area contributed by atoms with Crippen LogP contribution in [0.15, 0.2) is 29.3 Å². The van der Waals surface area contributed by atoms with E-state index in [1.807, 2.05) is 6.92 Å². The molecule has 5 nitrogen and oxygen atoms in total. The molecule has 0 radical (unpaired) electrons. The van der Waals surface area contributed by atoms with Crippen molar-refractivity contribution in [2.75, 3.05) is 19.1 Å². The molecule has 0 saturated carbocycles. The van der Waals surface area contributed by atoms with Crippen LogP contribution in [0.5, 0.6) is 0 Å². The first-order chi connectivity index (χ1) is 11.0. The highest BCUT2D eigenvalue weighted by Crippen LogP contribution is 2.29. The van der Waals surface area contributed by atoms with Crippen molar-refractivity contribution in [1.29, 1.82) is 0 Å². The Labute approximate surface area is 140 Å². The molecule has 1 unspecified atom stereocenters. The van der Waals surface area contributed by atoms with Gasteiger partial charge < -0.3 is 10.6 Å². The van der Waals surface area contributed by atoms with Gasteiger partial charge in [0.2, 0.25) is 0 Å². The molecule has 0 saturated heterocycles. The van der Waals surface area contributed by atoms with Crippen LogP contribution in [0, 0.1) is 0 Å². The van der Waals surface area contributed by atoms with E-state index in [-0.39, 0.29) is 18.3 Å². The molecule has 0 amide bonds. The maximum atomic E-state index is 12.7. The van der Waals surface area contributed by atoms with Gasteiger partial charge in [-0.3, -0.25) is 4.99 Å². The number of sulfone groups is 1. The maximum absolute atomic E-state index is 12.7. The number of nitrogens with zero attached hydrogens (tertiary/aromatic N) is 1. The van der Waals surface area contributed by atoms with Crippen molar-refractivity contribution in [3.05, 3.63) is 35.4 Å². The van der Waals surface area contributed by atoms with E-state index in [2.05, 4.69) is 15.6 Å². The number of nitrogens with one attached hydrogen (secondary N) is 2. The minimum Gasteiger partial charge on any atom is -0.354 e. The van der Waals surface area contributed by atoms with E-state index in [4.69, 9.17) is 0 Å². The SMILES string of the molecule is CN=C(NCc1cccc(C(F)(F)F)c1)NC(C)CCS(C)(=O)=O. The van der Waals surface area contributed by atoms with E-state index in [1.54, 1.807) is 6.07 Å². The maximum Gasteiger partial charge on any atom is 0.416 e. The van der Waals surface area contributed by atoms with Crippen molar-refractivity contribution >= 4 is 15.8 Å². The molecule has 0 aliphatic rings. The Balaban J connectivity index is 2.58. The van der Waals surface area contributed by atoms with E-state index < -0.39 is 21.6 Å². The fourth-order valence-corrected chi connectivity index (χ4v) is 2.72. The molecule has 2 N–H and O–H groups in total. The van der Waals surface area contributed by atoms with Gasteiger partial charge in [-0.15, -0.1) is 0 Å². The molecular formula is C15H22F3N3O2S. The monoisotopic (exact) mass is 365 g/mol. The molecule has 0 heterocycles. The number of rotatable bonds is 6. The van der Waals surface area contributed by atoms with Gasteiger partial charge in [-0.1, -0.05) is 12.1 Å². The van der Waals surface area contributed by atoms with Crippen LogP contribution in [-0.4, -0.2) is 39.5 Å². The van der Waals surface area contributed by atoms with Gasteiger partial charge in [0.15, 0.2) is 5.96 Å². The van der Waals surface area contributed by atoms with Crippen molar-refractivity contribution < 1.29 is 21.6 Å². The molecule has 0 aliphatic heterocycles. The Morgan fingerprint density at radius 2 is 2.00 bits per heavy atom. The van der Waals surface area contributed by atoms with Gasteiger partial charge in [0.25, 0.3) is 0 Å². The number of halogens is 3. The summed E-state index contributed by atoms with van der Waals surface area (Å²) in [6.07, 6.45) is -2.81. The molecule has 9 heteroatoms. The van der Waals surface area contributed by atoms with Crippen molar-refractivity contribution in [3.63, 3.8) is 0 Å². The number of benzene rings is 1. The molecule has 1 aromatic carbocycles. The quantitative estimate of drug-likeness (QED) is 0.599. The van der Waals surface area contributed by atoms with Gasteiger partial charge in [-0.05, 0) is 31.0 Å². The zero-order valence-corrected chi connectivity index (χ0v) is 14.6. The lowest BCUT2D eigenvalue weighted by Crippen LogP contribution is -2.42. The third-order valence-corrected chi connectivity index (χ3v) is 4.22. The van der Waals surface area contributed by atoms with Crippen LogP contribution >= 0.6 is 0 Å². The molecule has 1 atom stereocenters. The van der Waals surface area contributed by atoms with Crippen LogP contribution in [0.2, 0.25) is 0 Å². The number of guanidine groups is 1. The Hall–Kier alpha value is -1.77. The number of aliphatic imine (C=N–C) groups is 1.